The van der Waals surface area contributed by atoms with Crippen molar-refractivity contribution in [1.29, 1.82) is 0 Å². The van der Waals surface area contributed by atoms with Crippen LogP contribution < -0.4 is 5.73 Å². The van der Waals surface area contributed by atoms with Gasteiger partial charge in [0.2, 0.25) is 5.91 Å². The van der Waals surface area contributed by atoms with Crippen molar-refractivity contribution >= 4 is 16.8 Å². The van der Waals surface area contributed by atoms with Gasteiger partial charge in [-0.25, -0.2) is 0 Å². The number of benzene rings is 1. The number of para-hydroxylation sites is 1. The molecule has 0 radical (unpaired) electrons. The highest BCUT2D eigenvalue weighted by atomic mass is 16.3. The van der Waals surface area contributed by atoms with E-state index in [4.69, 9.17) is 5.73 Å². The highest BCUT2D eigenvalue weighted by molar-refractivity contribution is 5.88. The summed E-state index contributed by atoms with van der Waals surface area (Å²) in [4.78, 5) is 11.0. The van der Waals surface area contributed by atoms with Crippen molar-refractivity contribution < 1.29 is 9.90 Å². The summed E-state index contributed by atoms with van der Waals surface area (Å²) in [7, 11) is 0. The zero-order valence-corrected chi connectivity index (χ0v) is 9.76. The predicted molar refractivity (Wildman–Crippen MR) is 66.4 cm³/mol. The molecule has 1 aromatic heterocycles. The van der Waals surface area contributed by atoms with Crippen molar-refractivity contribution in [2.45, 2.75) is 26.0 Å². The van der Waals surface area contributed by atoms with Crippen molar-refractivity contribution in [2.24, 2.45) is 5.73 Å². The quantitative estimate of drug-likeness (QED) is 0.840. The minimum absolute atomic E-state index is 0.198. The third-order valence-corrected chi connectivity index (χ3v) is 2.87. The van der Waals surface area contributed by atoms with Crippen LogP contribution in [0.25, 0.3) is 10.9 Å². The lowest BCUT2D eigenvalue weighted by molar-refractivity contribution is -0.117. The third-order valence-electron chi connectivity index (χ3n) is 2.87. The van der Waals surface area contributed by atoms with E-state index in [1.54, 1.807) is 4.57 Å². The van der Waals surface area contributed by atoms with E-state index < -0.39 is 6.23 Å². The zero-order chi connectivity index (χ0) is 12.4. The molecule has 3 N–H and O–H groups in total. The Hall–Kier alpha value is -1.81. The Morgan fingerprint density at radius 2 is 2.18 bits per heavy atom. The van der Waals surface area contributed by atoms with Gasteiger partial charge in [-0.05, 0) is 18.1 Å². The van der Waals surface area contributed by atoms with Crippen LogP contribution in [0.15, 0.2) is 30.5 Å². The number of aromatic nitrogens is 1. The summed E-state index contributed by atoms with van der Waals surface area (Å²) in [5, 5.41) is 10.9. The Kier molecular flexibility index (Phi) is 3.15. The van der Waals surface area contributed by atoms with Gasteiger partial charge in [-0.15, -0.1) is 0 Å². The molecule has 0 saturated carbocycles. The molecule has 0 fully saturated rings. The molecule has 1 atom stereocenters. The Morgan fingerprint density at radius 3 is 2.82 bits per heavy atom. The second-order valence-corrected chi connectivity index (χ2v) is 4.11. The number of nitrogens with two attached hydrogens (primary N) is 1. The van der Waals surface area contributed by atoms with E-state index >= 15 is 0 Å². The molecule has 1 heterocycles. The van der Waals surface area contributed by atoms with Gasteiger partial charge >= 0.3 is 0 Å². The van der Waals surface area contributed by atoms with E-state index in [-0.39, 0.29) is 12.3 Å². The molecular formula is C13H16N2O2. The fourth-order valence-corrected chi connectivity index (χ4v) is 2.05. The predicted octanol–water partition coefficient (Wildman–Crippen LogP) is 1.57. The van der Waals surface area contributed by atoms with E-state index in [1.807, 2.05) is 37.4 Å². The maximum Gasteiger partial charge on any atom is 0.221 e. The largest absolute Gasteiger partial charge is 0.373 e. The molecule has 2 aromatic rings. The second-order valence-electron chi connectivity index (χ2n) is 4.11. The summed E-state index contributed by atoms with van der Waals surface area (Å²) in [5.41, 5.74) is 7.01. The van der Waals surface area contributed by atoms with E-state index in [9.17, 15) is 9.90 Å². The van der Waals surface area contributed by atoms with E-state index in [2.05, 4.69) is 0 Å². The number of carbonyl (C=O) groups excluding carboxylic acids is 1. The Labute approximate surface area is 99.7 Å². The molecule has 90 valence electrons. The fraction of sp³-hybridized carbons (Fsp3) is 0.308. The number of fused-ring (bicyclic) bond motifs is 1. The van der Waals surface area contributed by atoms with E-state index in [0.717, 1.165) is 16.5 Å². The van der Waals surface area contributed by atoms with Crippen LogP contribution in [0.1, 0.15) is 25.1 Å². The molecule has 0 aliphatic carbocycles. The van der Waals surface area contributed by atoms with Gasteiger partial charge in [0.25, 0.3) is 0 Å². The lowest BCUT2D eigenvalue weighted by Crippen LogP contribution is -2.13. The molecular weight excluding hydrogens is 216 g/mol. The van der Waals surface area contributed by atoms with Crippen LogP contribution in [0, 0.1) is 0 Å². The molecule has 2 rings (SSSR count). The fourth-order valence-electron chi connectivity index (χ4n) is 2.05. The number of nitrogens with zero attached hydrogens (tertiary/aromatic N) is 1. The van der Waals surface area contributed by atoms with Crippen molar-refractivity contribution in [3.05, 3.63) is 36.0 Å². The van der Waals surface area contributed by atoms with Crippen LogP contribution in [0.4, 0.5) is 0 Å². The average molecular weight is 232 g/mol. The van der Waals surface area contributed by atoms with Gasteiger partial charge in [0.1, 0.15) is 6.23 Å². The van der Waals surface area contributed by atoms with Crippen LogP contribution >= 0.6 is 0 Å². The van der Waals surface area contributed by atoms with Crippen LogP contribution in [-0.4, -0.2) is 15.6 Å². The Bertz CT molecular complexity index is 545. The summed E-state index contributed by atoms with van der Waals surface area (Å²) in [5.74, 6) is -0.362. The zero-order valence-electron chi connectivity index (χ0n) is 9.76. The molecule has 17 heavy (non-hydrogen) atoms. The van der Waals surface area contributed by atoms with Crippen LogP contribution in [-0.2, 0) is 11.2 Å². The molecule has 1 aromatic carbocycles. The molecule has 4 nitrogen and oxygen atoms in total. The summed E-state index contributed by atoms with van der Waals surface area (Å²) in [6, 6.07) is 7.69. The number of aliphatic hydroxyl groups excluding tert-OH is 1. The van der Waals surface area contributed by atoms with E-state index in [0.29, 0.717) is 6.42 Å². The monoisotopic (exact) mass is 232 g/mol. The molecule has 0 bridgehead atoms. The highest BCUT2D eigenvalue weighted by Gasteiger charge is 2.13. The standard InChI is InChI=1S/C13H16N2O2/c1-2-13(17)15-8-9(7-12(14)16)10-5-3-4-6-11(10)15/h3-6,8,13,17H,2,7H2,1H3,(H2,14,16). The molecule has 0 aliphatic rings. The molecule has 0 aliphatic heterocycles. The number of amides is 1. The first kappa shape index (κ1) is 11.7. The van der Waals surface area contributed by atoms with Gasteiger partial charge in [0, 0.05) is 11.6 Å². The van der Waals surface area contributed by atoms with Crippen molar-refractivity contribution in [3.8, 4) is 0 Å². The van der Waals surface area contributed by atoms with Crippen molar-refractivity contribution in [1.82, 2.24) is 4.57 Å². The first-order valence-corrected chi connectivity index (χ1v) is 5.68. The smallest absolute Gasteiger partial charge is 0.221 e. The SMILES string of the molecule is CCC(O)n1cc(CC(N)=O)c2ccccc21. The second kappa shape index (κ2) is 4.59. The normalized spacial score (nSPS) is 12.8. The average Bonchev–Trinajstić information content (AvgIpc) is 2.67. The lowest BCUT2D eigenvalue weighted by atomic mass is 10.1. The molecule has 1 amide bonds. The molecule has 0 saturated heterocycles. The van der Waals surface area contributed by atoms with Gasteiger partial charge in [-0.3, -0.25) is 4.79 Å². The van der Waals surface area contributed by atoms with Crippen molar-refractivity contribution in [3.63, 3.8) is 0 Å². The number of primary amides is 1. The summed E-state index contributed by atoms with van der Waals surface area (Å²) in [6.07, 6.45) is 2.06. The number of carbonyl (C=O) groups is 1. The molecule has 4 heteroatoms. The first-order chi connectivity index (χ1) is 8.13. The van der Waals surface area contributed by atoms with Crippen molar-refractivity contribution in [2.75, 3.05) is 0 Å². The Balaban J connectivity index is 2.58. The van der Waals surface area contributed by atoms with E-state index in [1.165, 1.54) is 0 Å². The minimum atomic E-state index is -0.568. The Morgan fingerprint density at radius 1 is 1.47 bits per heavy atom. The van der Waals surface area contributed by atoms with Gasteiger partial charge in [0.05, 0.1) is 11.9 Å². The summed E-state index contributed by atoms with van der Waals surface area (Å²) in [6.45, 7) is 1.91. The van der Waals surface area contributed by atoms with Crippen LogP contribution in [0.5, 0.6) is 0 Å². The maximum atomic E-state index is 11.0. The van der Waals surface area contributed by atoms with Gasteiger partial charge in [0.15, 0.2) is 0 Å². The highest BCUT2D eigenvalue weighted by Crippen LogP contribution is 2.25. The number of hydrogen-bond acceptors (Lipinski definition) is 2. The topological polar surface area (TPSA) is 68.2 Å². The number of hydrogen-bond donors (Lipinski definition) is 2. The molecule has 1 unspecified atom stereocenters. The number of aliphatic hydroxyl groups is 1. The third kappa shape index (κ3) is 2.17. The van der Waals surface area contributed by atoms with Crippen LogP contribution in [0.2, 0.25) is 0 Å². The van der Waals surface area contributed by atoms with Gasteiger partial charge in [-0.2, -0.15) is 0 Å². The van der Waals surface area contributed by atoms with Gasteiger partial charge in [-0.1, -0.05) is 25.1 Å². The first-order valence-electron chi connectivity index (χ1n) is 5.68. The molecule has 0 spiro atoms. The van der Waals surface area contributed by atoms with Gasteiger partial charge < -0.3 is 15.4 Å². The van der Waals surface area contributed by atoms with Crippen LogP contribution in [0.3, 0.4) is 0 Å². The maximum absolute atomic E-state index is 11.0. The summed E-state index contributed by atoms with van der Waals surface area (Å²) < 4.78 is 1.79. The number of rotatable bonds is 4. The minimum Gasteiger partial charge on any atom is -0.373 e. The summed E-state index contributed by atoms with van der Waals surface area (Å²) >= 11 is 0. The lowest BCUT2D eigenvalue weighted by Gasteiger charge is -2.11.